The number of allylic oxidation sites excluding steroid dienone is 1. The van der Waals surface area contributed by atoms with Gasteiger partial charge >= 0.3 is 20.2 Å². The van der Waals surface area contributed by atoms with E-state index in [0.29, 0.717) is 16.9 Å². The average Bonchev–Trinajstić information content (AvgIpc) is 2.66. The van der Waals surface area contributed by atoms with E-state index in [1.54, 1.807) is 13.0 Å². The molecule has 1 aliphatic carbocycles. The van der Waals surface area contributed by atoms with Crippen molar-refractivity contribution >= 4 is 31.6 Å². The Morgan fingerprint density at radius 3 is 2.28 bits per heavy atom. The second kappa shape index (κ2) is 5.33. The van der Waals surface area contributed by atoms with Gasteiger partial charge < -0.3 is 13.1 Å². The lowest BCUT2D eigenvalue weighted by Gasteiger charge is -2.25. The van der Waals surface area contributed by atoms with Gasteiger partial charge in [0.1, 0.15) is 11.5 Å². The van der Waals surface area contributed by atoms with Crippen LogP contribution in [0.4, 0.5) is 0 Å². The monoisotopic (exact) mass is 386 g/mol. The first-order chi connectivity index (χ1) is 11.4. The molecule has 1 heterocycles. The van der Waals surface area contributed by atoms with Crippen molar-refractivity contribution in [3.8, 4) is 11.5 Å². The van der Waals surface area contributed by atoms with E-state index in [-0.39, 0.29) is 11.5 Å². The highest BCUT2D eigenvalue weighted by atomic mass is 32.2. The Hall–Kier alpha value is -2.33. The summed E-state index contributed by atoms with van der Waals surface area (Å²) in [7, 11) is -7.56. The Labute approximate surface area is 144 Å². The fourth-order valence-electron chi connectivity index (χ4n) is 2.67. The molecule has 1 atom stereocenters. The molecule has 0 spiro atoms. The second-order valence-electron chi connectivity index (χ2n) is 5.87. The number of fused-ring (bicyclic) bond motifs is 3. The third-order valence-corrected chi connectivity index (χ3v) is 4.49. The number of carbonyl (C=O) groups excluding carboxylic acids is 1. The molecule has 25 heavy (non-hydrogen) atoms. The zero-order chi connectivity index (χ0) is 18.6. The van der Waals surface area contributed by atoms with Crippen LogP contribution >= 0.6 is 0 Å². The van der Waals surface area contributed by atoms with Crippen LogP contribution in [0, 0.1) is 0 Å². The van der Waals surface area contributed by atoms with Crippen molar-refractivity contribution in [2.75, 3.05) is 12.5 Å². The SMILES string of the molecule is CC12C=C(OS(C)(=O)=O)C(=O)C=C1c1ccc(OS(C)(=O)=O)cc1O2. The first-order valence-electron chi connectivity index (χ1n) is 6.98. The summed E-state index contributed by atoms with van der Waals surface area (Å²) in [4.78, 5) is 12.1. The molecule has 0 N–H and O–H groups in total. The zero-order valence-electron chi connectivity index (χ0n) is 13.5. The van der Waals surface area contributed by atoms with Gasteiger partial charge in [-0.15, -0.1) is 0 Å². The fraction of sp³-hybridized carbons (Fsp3) is 0.267. The van der Waals surface area contributed by atoms with Crippen LogP contribution in [0.25, 0.3) is 5.57 Å². The summed E-state index contributed by atoms with van der Waals surface area (Å²) >= 11 is 0. The smallest absolute Gasteiger partial charge is 0.306 e. The summed E-state index contributed by atoms with van der Waals surface area (Å²) < 4.78 is 60.4. The Kier molecular flexibility index (Phi) is 3.73. The molecule has 1 unspecified atom stereocenters. The number of hydrogen-bond donors (Lipinski definition) is 0. The van der Waals surface area contributed by atoms with Gasteiger partial charge in [0.05, 0.1) is 12.5 Å². The molecule has 0 amide bonds. The van der Waals surface area contributed by atoms with Gasteiger partial charge in [0, 0.05) is 23.3 Å². The molecule has 134 valence electrons. The highest BCUT2D eigenvalue weighted by Crippen LogP contribution is 2.48. The van der Waals surface area contributed by atoms with Crippen molar-refractivity contribution in [2.45, 2.75) is 12.5 Å². The summed E-state index contributed by atoms with van der Waals surface area (Å²) in [5, 5.41) is 0. The number of hydrogen-bond acceptors (Lipinski definition) is 8. The van der Waals surface area contributed by atoms with Gasteiger partial charge in [-0.25, -0.2) is 0 Å². The van der Waals surface area contributed by atoms with Gasteiger partial charge in [-0.05, 0) is 25.1 Å². The number of ketones is 1. The van der Waals surface area contributed by atoms with E-state index >= 15 is 0 Å². The van der Waals surface area contributed by atoms with Crippen LogP contribution < -0.4 is 8.92 Å². The van der Waals surface area contributed by atoms with E-state index in [1.807, 2.05) is 0 Å². The molecule has 3 rings (SSSR count). The maximum absolute atomic E-state index is 12.1. The van der Waals surface area contributed by atoms with Gasteiger partial charge in [-0.2, -0.15) is 16.8 Å². The normalized spacial score (nSPS) is 22.3. The van der Waals surface area contributed by atoms with Crippen molar-refractivity contribution in [2.24, 2.45) is 0 Å². The Morgan fingerprint density at radius 2 is 1.68 bits per heavy atom. The second-order valence-corrected chi connectivity index (χ2v) is 9.02. The highest BCUT2D eigenvalue weighted by Gasteiger charge is 2.43. The van der Waals surface area contributed by atoms with E-state index in [0.717, 1.165) is 12.5 Å². The van der Waals surface area contributed by atoms with Crippen LogP contribution in [0.15, 0.2) is 36.1 Å². The number of ether oxygens (including phenoxy) is 1. The van der Waals surface area contributed by atoms with Gasteiger partial charge in [0.15, 0.2) is 11.4 Å². The van der Waals surface area contributed by atoms with Gasteiger partial charge in [-0.1, -0.05) is 0 Å². The average molecular weight is 386 g/mol. The van der Waals surface area contributed by atoms with Crippen molar-refractivity contribution < 1.29 is 34.7 Å². The van der Waals surface area contributed by atoms with Crippen molar-refractivity contribution in [1.82, 2.24) is 0 Å². The summed E-state index contributed by atoms with van der Waals surface area (Å²) in [6, 6.07) is 4.39. The molecule has 0 saturated heterocycles. The lowest BCUT2D eigenvalue weighted by atomic mass is 9.86. The minimum atomic E-state index is -3.87. The maximum atomic E-state index is 12.1. The van der Waals surface area contributed by atoms with Crippen LogP contribution in [0.3, 0.4) is 0 Å². The molecule has 0 bridgehead atoms. The van der Waals surface area contributed by atoms with Crippen LogP contribution in [0.1, 0.15) is 12.5 Å². The molecular weight excluding hydrogens is 372 g/mol. The Balaban J connectivity index is 2.01. The predicted octanol–water partition coefficient (Wildman–Crippen LogP) is 1.00. The molecule has 10 heteroatoms. The van der Waals surface area contributed by atoms with E-state index in [1.165, 1.54) is 24.3 Å². The Morgan fingerprint density at radius 1 is 1.04 bits per heavy atom. The Bertz CT molecular complexity index is 1050. The first kappa shape index (κ1) is 17.5. The summed E-state index contributed by atoms with van der Waals surface area (Å²) in [5.41, 5.74) is -0.0365. The van der Waals surface area contributed by atoms with Gasteiger partial charge in [-0.3, -0.25) is 4.79 Å². The van der Waals surface area contributed by atoms with Gasteiger partial charge in [0.25, 0.3) is 0 Å². The minimum Gasteiger partial charge on any atom is -0.478 e. The third-order valence-electron chi connectivity index (χ3n) is 3.51. The molecule has 0 fully saturated rings. The summed E-state index contributed by atoms with van der Waals surface area (Å²) in [6.45, 7) is 1.63. The molecule has 0 saturated carbocycles. The van der Waals surface area contributed by atoms with E-state index in [4.69, 9.17) is 13.1 Å². The fourth-order valence-corrected chi connectivity index (χ4v) is 3.58. The topological polar surface area (TPSA) is 113 Å². The number of carbonyl (C=O) groups is 1. The number of rotatable bonds is 4. The zero-order valence-corrected chi connectivity index (χ0v) is 15.1. The van der Waals surface area contributed by atoms with E-state index in [9.17, 15) is 21.6 Å². The summed E-state index contributed by atoms with van der Waals surface area (Å²) in [6.07, 6.45) is 4.27. The first-order valence-corrected chi connectivity index (χ1v) is 10.6. The quantitative estimate of drug-likeness (QED) is 0.705. The molecule has 1 aromatic rings. The molecular formula is C15H14O8S2. The van der Waals surface area contributed by atoms with Gasteiger partial charge in [0.2, 0.25) is 5.78 Å². The summed E-state index contributed by atoms with van der Waals surface area (Å²) in [5.74, 6) is -0.591. The standard InChI is InChI=1S/C15H14O8S2/c1-15-8-14(23-25(3,19)20)12(16)7-11(15)10-5-4-9(6-13(10)21-15)22-24(2,17)18/h4-8H,1-3H3. The van der Waals surface area contributed by atoms with Crippen molar-refractivity contribution in [3.63, 3.8) is 0 Å². The predicted molar refractivity (Wildman–Crippen MR) is 87.9 cm³/mol. The lowest BCUT2D eigenvalue weighted by Crippen LogP contribution is -2.32. The van der Waals surface area contributed by atoms with Crippen LogP contribution in [-0.2, 0) is 29.2 Å². The molecule has 1 aliphatic heterocycles. The molecule has 0 radical (unpaired) electrons. The van der Waals surface area contributed by atoms with Crippen molar-refractivity contribution in [3.05, 3.63) is 41.7 Å². The third kappa shape index (κ3) is 3.54. The van der Waals surface area contributed by atoms with Crippen LogP contribution in [0.2, 0.25) is 0 Å². The number of benzene rings is 1. The molecule has 1 aromatic carbocycles. The van der Waals surface area contributed by atoms with Crippen LogP contribution in [0.5, 0.6) is 11.5 Å². The van der Waals surface area contributed by atoms with E-state index < -0.39 is 31.6 Å². The minimum absolute atomic E-state index is 0.0620. The van der Waals surface area contributed by atoms with Crippen molar-refractivity contribution in [1.29, 1.82) is 0 Å². The van der Waals surface area contributed by atoms with Crippen LogP contribution in [-0.4, -0.2) is 40.7 Å². The maximum Gasteiger partial charge on any atom is 0.306 e. The van der Waals surface area contributed by atoms with E-state index in [2.05, 4.69) is 0 Å². The molecule has 8 nitrogen and oxygen atoms in total. The lowest BCUT2D eigenvalue weighted by molar-refractivity contribution is -0.113. The molecule has 0 aromatic heterocycles. The largest absolute Gasteiger partial charge is 0.478 e. The molecule has 2 aliphatic rings. The highest BCUT2D eigenvalue weighted by molar-refractivity contribution is 7.86.